The minimum atomic E-state index is -1.72. The molecule has 1 unspecified atom stereocenters. The number of para-hydroxylation sites is 1. The zero-order valence-electron chi connectivity index (χ0n) is 54.7. The number of rotatable bonds is 26. The van der Waals surface area contributed by atoms with Crippen LogP contribution in [-0.2, 0) is 101 Å². The Balaban J connectivity index is 0.925. The monoisotopic (exact) mass is 1380 g/mol. The van der Waals surface area contributed by atoms with Crippen molar-refractivity contribution in [3.8, 4) is 0 Å². The summed E-state index contributed by atoms with van der Waals surface area (Å²) < 4.78 is 34.2. The maximum absolute atomic E-state index is 14.9. The van der Waals surface area contributed by atoms with Gasteiger partial charge >= 0.3 is 6.03 Å². The predicted octanol–water partition coefficient (Wildman–Crippen LogP) is -0.971. The number of carbonyl (C=O) groups excluding carboxylic acids is 11. The summed E-state index contributed by atoms with van der Waals surface area (Å²) in [6, 6.07) is 11.1. The fourth-order valence-corrected chi connectivity index (χ4v) is 13.2. The lowest BCUT2D eigenvalue weighted by atomic mass is 10.00. The SMILES string of the molecule is C[C@H]1NC(=O)[C@@H](CC(N)=O)NC(=O)[C@@H](NC(=O)COCCOCCOCCNC(=O)CCCCC2SC[C@H]3NC(=O)N[C@@H]23)Cc2cn(nn2)CCCC[C@@H](C(N)=O)NC(=O)[C@H](Cc2ccc(F)cc2)NC(=O)[C@H](Cc2cn(C)c3ccccc23)NC(=O)[C@@H](Cc2ccccc2)NC1=O. The van der Waals surface area contributed by atoms with Crippen molar-refractivity contribution in [2.24, 2.45) is 18.5 Å². The van der Waals surface area contributed by atoms with Crippen molar-refractivity contribution in [3.63, 3.8) is 0 Å². The number of hydrogen-bond acceptors (Lipinski definition) is 17. The van der Waals surface area contributed by atoms with Crippen LogP contribution in [0.4, 0.5) is 9.18 Å². The van der Waals surface area contributed by atoms with Gasteiger partial charge in [0.25, 0.3) is 0 Å². The van der Waals surface area contributed by atoms with E-state index in [-0.39, 0.29) is 108 Å². The maximum atomic E-state index is 14.9. The first-order valence-corrected chi connectivity index (χ1v) is 33.8. The van der Waals surface area contributed by atoms with E-state index in [1.54, 1.807) is 36.5 Å². The quantitative estimate of drug-likeness (QED) is 0.0234. The molecule has 32 heteroatoms. The second kappa shape index (κ2) is 37.3. The first-order chi connectivity index (χ1) is 47.2. The average Bonchev–Trinajstić information content (AvgIpc) is 1.61. The third kappa shape index (κ3) is 23.1. The molecule has 0 saturated carbocycles. The van der Waals surface area contributed by atoms with Crippen LogP contribution in [0.15, 0.2) is 91.3 Å². The molecule has 3 aliphatic heterocycles. The summed E-state index contributed by atoms with van der Waals surface area (Å²) in [5, 5.41) is 36.7. The van der Waals surface area contributed by atoms with Gasteiger partial charge in [0.1, 0.15) is 54.7 Å². The van der Waals surface area contributed by atoms with Gasteiger partial charge in [-0.3, -0.25) is 52.6 Å². The molecule has 10 atom stereocenters. The molecule has 2 fully saturated rings. The standard InChI is InChI=1S/C66H87FN16O14S/c1-39-60(88)74-47(30-40-12-4-3-5-13-40)63(91)76-49(32-42-35-82(2)53-16-7-6-14-45(42)53)64(92)75-48(31-41-19-21-43(67)22-20-41)62(90)73-46(59(69)87)15-10-11-24-83-36-44(80-81-83)33-50(65(93)77-51(34-55(68)84)61(89)71-39)72-57(86)37-97-29-28-96-27-26-95-25-23-70-56(85)18-9-8-17-54-58-52(38-98-54)78-66(94)79-58/h3-7,12-14,16,19-22,35-36,39,46-52,54,58H,8-11,15,17-18,23-34,37-38H2,1-2H3,(H2,68,84)(H2,69,87)(H,70,85)(H,71,89)(H,72,86)(H,73,90)(H,74,88)(H,75,92)(H,76,91)(H,77,93)(H2,78,79,94)/t39-,46+,47-,48+,49+,50+,51-,52-,54?,58-/m1/s1. The lowest BCUT2D eigenvalue weighted by Gasteiger charge is -2.27. The Labute approximate surface area is 569 Å². The van der Waals surface area contributed by atoms with Crippen LogP contribution < -0.4 is 64.6 Å². The van der Waals surface area contributed by atoms with E-state index < -0.39 is 114 Å². The molecule has 3 aliphatic rings. The number of nitrogens with zero attached hydrogens (tertiary/aromatic N) is 4. The van der Waals surface area contributed by atoms with Crippen molar-refractivity contribution in [1.29, 1.82) is 0 Å². The van der Waals surface area contributed by atoms with Gasteiger partial charge in [-0.25, -0.2) is 9.18 Å². The van der Waals surface area contributed by atoms with Crippen LogP contribution in [0, 0.1) is 5.82 Å². The molecular formula is C66H87FN16O14S. The van der Waals surface area contributed by atoms with Crippen molar-refractivity contribution >= 4 is 87.8 Å². The van der Waals surface area contributed by atoms with Crippen molar-refractivity contribution in [3.05, 3.63) is 119 Å². The number of halogens is 1. The van der Waals surface area contributed by atoms with E-state index in [0.29, 0.717) is 41.3 Å². The lowest BCUT2D eigenvalue weighted by Crippen LogP contribution is -2.60. The first-order valence-electron chi connectivity index (χ1n) is 32.7. The van der Waals surface area contributed by atoms with E-state index in [4.69, 9.17) is 25.7 Å². The van der Waals surface area contributed by atoms with E-state index >= 15 is 0 Å². The van der Waals surface area contributed by atoms with Crippen molar-refractivity contribution in [2.45, 2.75) is 150 Å². The largest absolute Gasteiger partial charge is 0.377 e. The van der Waals surface area contributed by atoms with Gasteiger partial charge in [-0.2, -0.15) is 11.8 Å². The molecule has 0 radical (unpaired) electrons. The Morgan fingerprint density at radius 1 is 0.663 bits per heavy atom. The number of thioether (sulfide) groups is 1. The highest BCUT2D eigenvalue weighted by Gasteiger charge is 2.43. The number of aryl methyl sites for hydroxylation is 2. The fraction of sp³-hybridized carbons (Fsp3) is 0.500. The van der Waals surface area contributed by atoms with Gasteiger partial charge in [0.15, 0.2) is 0 Å². The molecule has 8 rings (SSSR count). The average molecular weight is 1380 g/mol. The predicted molar refractivity (Wildman–Crippen MR) is 356 cm³/mol. The summed E-state index contributed by atoms with van der Waals surface area (Å²) in [5.74, 6) is -7.86. The Morgan fingerprint density at radius 3 is 2.01 bits per heavy atom. The van der Waals surface area contributed by atoms with E-state index in [0.717, 1.165) is 35.9 Å². The number of aromatic nitrogens is 4. The van der Waals surface area contributed by atoms with Crippen LogP contribution in [0.1, 0.15) is 80.7 Å². The van der Waals surface area contributed by atoms with E-state index in [9.17, 15) is 57.1 Å². The van der Waals surface area contributed by atoms with Crippen LogP contribution in [0.3, 0.4) is 0 Å². The molecule has 5 aromatic rings. The third-order valence-corrected chi connectivity index (χ3v) is 18.3. The van der Waals surface area contributed by atoms with Gasteiger partial charge in [-0.05, 0) is 73.9 Å². The van der Waals surface area contributed by atoms with Crippen LogP contribution in [0.25, 0.3) is 10.9 Å². The number of unbranched alkanes of at least 4 members (excludes halogenated alkanes) is 1. The van der Waals surface area contributed by atoms with Gasteiger partial charge < -0.3 is 83.4 Å². The molecule has 98 heavy (non-hydrogen) atoms. The van der Waals surface area contributed by atoms with Crippen molar-refractivity contribution in [2.75, 3.05) is 51.9 Å². The van der Waals surface area contributed by atoms with Crippen LogP contribution >= 0.6 is 11.8 Å². The second-order valence-corrected chi connectivity index (χ2v) is 25.7. The first kappa shape index (κ1) is 74.3. The minimum absolute atomic E-state index is 0.0259. The fourth-order valence-electron chi connectivity index (χ4n) is 11.7. The molecule has 2 saturated heterocycles. The molecule has 3 aromatic carbocycles. The number of hydrogen-bond donors (Lipinski definition) is 12. The summed E-state index contributed by atoms with van der Waals surface area (Å²) in [5.41, 5.74) is 14.1. The smallest absolute Gasteiger partial charge is 0.315 e. The van der Waals surface area contributed by atoms with Crippen LogP contribution in [0.5, 0.6) is 0 Å². The topological polar surface area (TPSA) is 423 Å². The van der Waals surface area contributed by atoms with E-state index in [2.05, 4.69) is 63.5 Å². The van der Waals surface area contributed by atoms with Gasteiger partial charge in [0, 0.05) is 86.5 Å². The van der Waals surface area contributed by atoms with Crippen LogP contribution in [0.2, 0.25) is 0 Å². The number of amides is 12. The molecule has 528 valence electrons. The zero-order valence-corrected chi connectivity index (χ0v) is 55.5. The summed E-state index contributed by atoms with van der Waals surface area (Å²) in [6.45, 7) is 1.94. The summed E-state index contributed by atoms with van der Waals surface area (Å²) >= 11 is 1.84. The number of carbonyl (C=O) groups is 11. The van der Waals surface area contributed by atoms with E-state index in [1.807, 2.05) is 47.6 Å². The highest BCUT2D eigenvalue weighted by Crippen LogP contribution is 2.33. The normalized spacial score (nSPS) is 23.1. The molecule has 14 N–H and O–H groups in total. The third-order valence-electron chi connectivity index (χ3n) is 16.8. The van der Waals surface area contributed by atoms with Gasteiger partial charge in [-0.1, -0.05) is 72.3 Å². The molecule has 30 nitrogen and oxygen atoms in total. The Morgan fingerprint density at radius 2 is 1.30 bits per heavy atom. The number of ether oxygens (including phenoxy) is 3. The molecule has 0 spiro atoms. The molecule has 0 aliphatic carbocycles. The number of benzene rings is 3. The molecule has 2 aromatic heterocycles. The van der Waals surface area contributed by atoms with Gasteiger partial charge in [-0.15, -0.1) is 5.10 Å². The highest BCUT2D eigenvalue weighted by molar-refractivity contribution is 8.00. The van der Waals surface area contributed by atoms with Gasteiger partial charge in [0.2, 0.25) is 59.1 Å². The number of nitrogens with two attached hydrogens (primary N) is 2. The van der Waals surface area contributed by atoms with E-state index in [1.165, 1.54) is 42.1 Å². The van der Waals surface area contributed by atoms with Crippen molar-refractivity contribution < 1.29 is 71.3 Å². The lowest BCUT2D eigenvalue weighted by molar-refractivity contribution is -0.136. The van der Waals surface area contributed by atoms with Gasteiger partial charge in [0.05, 0.1) is 57.2 Å². The number of fused-ring (bicyclic) bond motifs is 4. The summed E-state index contributed by atoms with van der Waals surface area (Å²) in [6.07, 6.45) is 5.30. The Bertz CT molecular complexity index is 3580. The zero-order chi connectivity index (χ0) is 70.1. The minimum Gasteiger partial charge on any atom is -0.377 e. The van der Waals surface area contributed by atoms with Crippen LogP contribution in [-0.4, -0.2) is 196 Å². The number of primary amides is 2. The second-order valence-electron chi connectivity index (χ2n) is 24.4. The molecule has 2 bridgehead atoms. The Hall–Kier alpha value is -9.53. The molecule has 12 amide bonds. The number of urea groups is 1. The number of nitrogens with one attached hydrogen (secondary N) is 10. The Kier molecular flexibility index (Phi) is 28.2. The maximum Gasteiger partial charge on any atom is 0.315 e. The molecule has 5 heterocycles. The summed E-state index contributed by atoms with van der Waals surface area (Å²) in [4.78, 5) is 150. The summed E-state index contributed by atoms with van der Waals surface area (Å²) in [7, 11) is 1.81. The molecular weight excluding hydrogens is 1290 g/mol. The van der Waals surface area contributed by atoms with Crippen molar-refractivity contribution in [1.82, 2.24) is 72.7 Å². The highest BCUT2D eigenvalue weighted by atomic mass is 32.2.